The first-order valence-electron chi connectivity index (χ1n) is 13.3. The molecule has 1 aromatic carbocycles. The molecule has 1 fully saturated rings. The molecule has 0 N–H and O–H groups in total. The van der Waals surface area contributed by atoms with Gasteiger partial charge in [-0.05, 0) is 84.3 Å². The van der Waals surface area contributed by atoms with Crippen LogP contribution in [0.3, 0.4) is 0 Å². The van der Waals surface area contributed by atoms with Crippen LogP contribution in [0.1, 0.15) is 85.0 Å². The standard InChI is InChI=1S/C33H40O4/c1-21(2)14-15-24-20-32(19-16-22(3)4)28-25(17-18-30(5,6)37-28)27(35)33(29(32)36,31(24,7)8)26(34)23-12-10-9-11-13-23/h9-14,16-18,24H,15,19-20H2,1-8H3/t24-,32-,33+/m0/s1. The van der Waals surface area contributed by atoms with Crippen LogP contribution in [0.2, 0.25) is 0 Å². The van der Waals surface area contributed by atoms with Gasteiger partial charge >= 0.3 is 0 Å². The van der Waals surface area contributed by atoms with Gasteiger partial charge in [0, 0.05) is 5.56 Å². The van der Waals surface area contributed by atoms with E-state index < -0.39 is 33.4 Å². The third-order valence-corrected chi connectivity index (χ3v) is 8.68. The molecule has 1 saturated carbocycles. The molecule has 0 unspecified atom stereocenters. The number of carbonyl (C=O) groups excluding carboxylic acids is 3. The molecule has 0 radical (unpaired) electrons. The fourth-order valence-electron chi connectivity index (χ4n) is 6.47. The molecule has 0 aromatic heterocycles. The van der Waals surface area contributed by atoms with Crippen molar-refractivity contribution in [2.45, 2.75) is 80.3 Å². The lowest BCUT2D eigenvalue weighted by Crippen LogP contribution is -2.70. The van der Waals surface area contributed by atoms with E-state index in [2.05, 4.69) is 26.0 Å². The van der Waals surface area contributed by atoms with Crippen molar-refractivity contribution in [1.29, 1.82) is 0 Å². The molecular weight excluding hydrogens is 460 g/mol. The van der Waals surface area contributed by atoms with Crippen LogP contribution in [0, 0.1) is 22.2 Å². The molecular formula is C33H40O4. The Bertz CT molecular complexity index is 1260. The van der Waals surface area contributed by atoms with Crippen LogP contribution in [0.5, 0.6) is 0 Å². The number of Topliss-reactive ketones (excluding diaryl/α,β-unsaturated/α-hetero) is 3. The first-order chi connectivity index (χ1) is 17.2. The highest BCUT2D eigenvalue weighted by atomic mass is 16.5. The lowest BCUT2D eigenvalue weighted by Gasteiger charge is -2.60. The van der Waals surface area contributed by atoms with Crippen molar-refractivity contribution in [2.75, 3.05) is 0 Å². The maximum Gasteiger partial charge on any atom is 0.188 e. The Morgan fingerprint density at radius 3 is 2.19 bits per heavy atom. The highest BCUT2D eigenvalue weighted by Gasteiger charge is 2.75. The summed E-state index contributed by atoms with van der Waals surface area (Å²) in [4.78, 5) is 44.3. The summed E-state index contributed by atoms with van der Waals surface area (Å²) in [6.45, 7) is 15.9. The summed E-state index contributed by atoms with van der Waals surface area (Å²) >= 11 is 0. The Balaban J connectivity index is 2.09. The maximum atomic E-state index is 15.0. The number of benzene rings is 1. The quantitative estimate of drug-likeness (QED) is 0.232. The van der Waals surface area contributed by atoms with Crippen LogP contribution in [0.15, 0.2) is 77.1 Å². The van der Waals surface area contributed by atoms with Gasteiger partial charge in [-0.3, -0.25) is 14.4 Å². The highest BCUT2D eigenvalue weighted by molar-refractivity contribution is 6.37. The topological polar surface area (TPSA) is 60.4 Å². The van der Waals surface area contributed by atoms with Crippen molar-refractivity contribution in [3.05, 3.63) is 82.7 Å². The molecule has 196 valence electrons. The minimum Gasteiger partial charge on any atom is -0.486 e. The van der Waals surface area contributed by atoms with Gasteiger partial charge in [-0.25, -0.2) is 0 Å². The Morgan fingerprint density at radius 2 is 1.59 bits per heavy atom. The minimum atomic E-state index is -1.84. The fraction of sp³-hybridized carbons (Fsp3) is 0.485. The third kappa shape index (κ3) is 4.00. The van der Waals surface area contributed by atoms with E-state index in [9.17, 15) is 9.59 Å². The highest BCUT2D eigenvalue weighted by Crippen LogP contribution is 2.67. The summed E-state index contributed by atoms with van der Waals surface area (Å²) in [7, 11) is 0. The van der Waals surface area contributed by atoms with Crippen LogP contribution in [0.4, 0.5) is 0 Å². The second-order valence-electron chi connectivity index (χ2n) is 12.6. The van der Waals surface area contributed by atoms with Crippen LogP contribution in [-0.2, 0) is 14.3 Å². The second-order valence-corrected chi connectivity index (χ2v) is 12.6. The van der Waals surface area contributed by atoms with Crippen molar-refractivity contribution in [1.82, 2.24) is 0 Å². The number of rotatable bonds is 6. The maximum absolute atomic E-state index is 15.0. The summed E-state index contributed by atoms with van der Waals surface area (Å²) in [6, 6.07) is 8.83. The van der Waals surface area contributed by atoms with Gasteiger partial charge in [0.25, 0.3) is 0 Å². The molecule has 0 saturated heterocycles. The largest absolute Gasteiger partial charge is 0.486 e. The van der Waals surface area contributed by atoms with Gasteiger partial charge in [-0.15, -0.1) is 0 Å². The van der Waals surface area contributed by atoms with Gasteiger partial charge < -0.3 is 4.74 Å². The van der Waals surface area contributed by atoms with E-state index in [0.717, 1.165) is 5.57 Å². The molecule has 4 rings (SSSR count). The number of hydrogen-bond acceptors (Lipinski definition) is 4. The molecule has 2 bridgehead atoms. The van der Waals surface area contributed by atoms with Gasteiger partial charge in [0.1, 0.15) is 11.4 Å². The first kappa shape index (κ1) is 27.0. The monoisotopic (exact) mass is 500 g/mol. The van der Waals surface area contributed by atoms with Gasteiger partial charge in [-0.1, -0.05) is 67.5 Å². The third-order valence-electron chi connectivity index (χ3n) is 8.68. The molecule has 2 aliphatic carbocycles. The SMILES string of the molecule is CC(C)=CC[C@H]1C[C@]2(CC=C(C)C)C(=O)[C@@](C(=O)c3ccccc3)(C(=O)C3=C2OC(C)(C)C=C3)C1(C)C. The van der Waals surface area contributed by atoms with Crippen LogP contribution >= 0.6 is 0 Å². The number of allylic oxidation sites excluding steroid dienone is 7. The summed E-state index contributed by atoms with van der Waals surface area (Å²) in [5, 5.41) is 0. The van der Waals surface area contributed by atoms with Crippen molar-refractivity contribution in [2.24, 2.45) is 22.2 Å². The number of hydrogen-bond donors (Lipinski definition) is 0. The lowest BCUT2D eigenvalue weighted by atomic mass is 9.39. The van der Waals surface area contributed by atoms with E-state index in [1.807, 2.05) is 53.7 Å². The summed E-state index contributed by atoms with van der Waals surface area (Å²) in [6.07, 6.45) is 9.47. The van der Waals surface area contributed by atoms with Gasteiger partial charge in [0.2, 0.25) is 0 Å². The number of fused-ring (bicyclic) bond motifs is 3. The van der Waals surface area contributed by atoms with Crippen LogP contribution < -0.4 is 0 Å². The Kier molecular flexibility index (Phi) is 6.63. The summed E-state index contributed by atoms with van der Waals surface area (Å²) in [5.41, 5.74) is -1.49. The number of ether oxygens (including phenoxy) is 1. The molecule has 1 aromatic rings. The zero-order valence-corrected chi connectivity index (χ0v) is 23.5. The predicted octanol–water partition coefficient (Wildman–Crippen LogP) is 7.37. The van der Waals surface area contributed by atoms with Gasteiger partial charge in [0.05, 0.1) is 11.0 Å². The number of carbonyl (C=O) groups is 3. The van der Waals surface area contributed by atoms with Gasteiger partial charge in [-0.2, -0.15) is 0 Å². The Labute approximate surface area is 221 Å². The Hall–Kier alpha value is -3.01. The van der Waals surface area contributed by atoms with Crippen molar-refractivity contribution in [3.8, 4) is 0 Å². The van der Waals surface area contributed by atoms with E-state index in [1.165, 1.54) is 5.57 Å². The first-order valence-corrected chi connectivity index (χ1v) is 13.3. The molecule has 3 aliphatic rings. The molecule has 37 heavy (non-hydrogen) atoms. The Morgan fingerprint density at radius 1 is 0.973 bits per heavy atom. The van der Waals surface area contributed by atoms with E-state index in [4.69, 9.17) is 4.74 Å². The molecule has 0 amide bonds. The average molecular weight is 501 g/mol. The molecule has 0 spiro atoms. The average Bonchev–Trinajstić information content (AvgIpc) is 2.82. The molecule has 4 nitrogen and oxygen atoms in total. The molecule has 3 atom stereocenters. The van der Waals surface area contributed by atoms with E-state index in [1.54, 1.807) is 30.3 Å². The van der Waals surface area contributed by atoms with Crippen molar-refractivity contribution < 1.29 is 19.1 Å². The minimum absolute atomic E-state index is 0.0889. The van der Waals surface area contributed by atoms with Crippen LogP contribution in [0.25, 0.3) is 0 Å². The van der Waals surface area contributed by atoms with E-state index in [-0.39, 0.29) is 11.7 Å². The summed E-state index contributed by atoms with van der Waals surface area (Å²) in [5.74, 6) is -0.774. The lowest BCUT2D eigenvalue weighted by molar-refractivity contribution is -0.167. The molecule has 1 heterocycles. The smallest absolute Gasteiger partial charge is 0.188 e. The van der Waals surface area contributed by atoms with Crippen molar-refractivity contribution in [3.63, 3.8) is 0 Å². The molecule has 4 heteroatoms. The van der Waals surface area contributed by atoms with Crippen molar-refractivity contribution >= 4 is 17.3 Å². The second kappa shape index (κ2) is 9.08. The predicted molar refractivity (Wildman–Crippen MR) is 147 cm³/mol. The number of ketones is 3. The van der Waals surface area contributed by atoms with Crippen LogP contribution in [-0.4, -0.2) is 23.0 Å². The van der Waals surface area contributed by atoms with Gasteiger partial charge in [0.15, 0.2) is 22.8 Å². The summed E-state index contributed by atoms with van der Waals surface area (Å²) < 4.78 is 6.51. The fourth-order valence-corrected chi connectivity index (χ4v) is 6.47. The molecule has 1 aliphatic heterocycles. The normalized spacial score (nSPS) is 29.2. The zero-order chi connectivity index (χ0) is 27.4. The zero-order valence-electron chi connectivity index (χ0n) is 23.5. The van der Waals surface area contributed by atoms with E-state index in [0.29, 0.717) is 36.2 Å². The van der Waals surface area contributed by atoms with E-state index >= 15 is 4.79 Å².